The number of aliphatic hydroxyl groups is 1. The molecule has 1 aromatic heterocycles. The molecular weight excluding hydrogens is 369 g/mol. The number of sulfonamides is 1. The second-order valence-corrected chi connectivity index (χ2v) is 8.22. The van der Waals surface area contributed by atoms with Crippen molar-refractivity contribution in [3.8, 4) is 0 Å². The molecule has 1 heterocycles. The summed E-state index contributed by atoms with van der Waals surface area (Å²) in [6.07, 6.45) is 0. The normalized spacial score (nSPS) is 11.8. The molecule has 1 aromatic carbocycles. The van der Waals surface area contributed by atoms with Gasteiger partial charge in [0.15, 0.2) is 0 Å². The van der Waals surface area contributed by atoms with Gasteiger partial charge < -0.3 is 5.11 Å². The van der Waals surface area contributed by atoms with Gasteiger partial charge in [-0.1, -0.05) is 6.07 Å². The number of benzene rings is 1. The van der Waals surface area contributed by atoms with Crippen molar-refractivity contribution in [3.63, 3.8) is 0 Å². The van der Waals surface area contributed by atoms with Gasteiger partial charge in [-0.2, -0.15) is 0 Å². The van der Waals surface area contributed by atoms with Crippen LogP contribution >= 0.6 is 27.3 Å². The lowest BCUT2D eigenvalue weighted by Gasteiger charge is -2.09. The highest BCUT2D eigenvalue weighted by atomic mass is 79.9. The van der Waals surface area contributed by atoms with Crippen molar-refractivity contribution in [1.29, 1.82) is 0 Å². The Hall–Kier alpha value is -0.800. The lowest BCUT2D eigenvalue weighted by Crippen LogP contribution is -2.24. The van der Waals surface area contributed by atoms with Gasteiger partial charge in [-0.05, 0) is 45.8 Å². The number of rotatable bonds is 5. The van der Waals surface area contributed by atoms with Crippen LogP contribution in [0.1, 0.15) is 10.4 Å². The lowest BCUT2D eigenvalue weighted by atomic mass is 10.2. The van der Waals surface area contributed by atoms with E-state index in [2.05, 4.69) is 20.7 Å². The van der Waals surface area contributed by atoms with Gasteiger partial charge in [-0.15, -0.1) is 11.3 Å². The Balaban J connectivity index is 2.24. The summed E-state index contributed by atoms with van der Waals surface area (Å²) in [5.74, 6) is -0.665. The van der Waals surface area contributed by atoms with Gasteiger partial charge in [-0.25, -0.2) is 17.5 Å². The fourth-order valence-corrected chi connectivity index (χ4v) is 4.36. The Kier molecular flexibility index (Phi) is 4.92. The first-order valence-corrected chi connectivity index (χ1v) is 8.65. The summed E-state index contributed by atoms with van der Waals surface area (Å²) in [5, 5.41) is 9.14. The quantitative estimate of drug-likeness (QED) is 0.838. The molecule has 0 aliphatic carbocycles. The van der Waals surface area contributed by atoms with E-state index in [1.807, 2.05) is 6.07 Å². The molecule has 20 heavy (non-hydrogen) atoms. The Morgan fingerprint density at radius 2 is 2.05 bits per heavy atom. The molecule has 0 radical (unpaired) electrons. The van der Waals surface area contributed by atoms with Gasteiger partial charge >= 0.3 is 0 Å². The molecule has 0 saturated heterocycles. The first-order chi connectivity index (χ1) is 9.42. The summed E-state index contributed by atoms with van der Waals surface area (Å²) >= 11 is 4.69. The predicted octanol–water partition coefficient (Wildman–Crippen LogP) is 2.62. The number of aliphatic hydroxyl groups excluding tert-OH is 1. The third-order valence-corrected chi connectivity index (χ3v) is 5.66. The van der Waals surface area contributed by atoms with Crippen molar-refractivity contribution in [3.05, 3.63) is 50.4 Å². The first-order valence-electron chi connectivity index (χ1n) is 5.55. The summed E-state index contributed by atoms with van der Waals surface area (Å²) in [5.41, 5.74) is 0.159. The summed E-state index contributed by atoms with van der Waals surface area (Å²) < 4.78 is 40.8. The van der Waals surface area contributed by atoms with Crippen molar-refractivity contribution in [1.82, 2.24) is 4.72 Å². The van der Waals surface area contributed by atoms with Crippen LogP contribution in [0.2, 0.25) is 0 Å². The Labute approximate surface area is 128 Å². The van der Waals surface area contributed by atoms with Crippen LogP contribution < -0.4 is 4.72 Å². The van der Waals surface area contributed by atoms with Gasteiger partial charge in [0.25, 0.3) is 0 Å². The molecule has 8 heteroatoms. The maximum absolute atomic E-state index is 13.2. The van der Waals surface area contributed by atoms with Crippen LogP contribution in [-0.2, 0) is 23.2 Å². The van der Waals surface area contributed by atoms with Gasteiger partial charge in [0.05, 0.1) is 15.3 Å². The standard InChI is InChI=1S/C12H11BrFNO3S2/c13-12-4-3-10(19-12)6-15-20(17,18)11-5-9(14)2-1-8(11)7-16/h1-5,15-16H,6-7H2. The molecule has 0 bridgehead atoms. The van der Waals surface area contributed by atoms with Crippen molar-refractivity contribution in [2.75, 3.05) is 0 Å². The second-order valence-electron chi connectivity index (χ2n) is 3.94. The highest BCUT2D eigenvalue weighted by Crippen LogP contribution is 2.23. The molecule has 2 rings (SSSR count). The van der Waals surface area contributed by atoms with Gasteiger partial charge in [0.1, 0.15) is 5.82 Å². The fraction of sp³-hybridized carbons (Fsp3) is 0.167. The van der Waals surface area contributed by atoms with Gasteiger partial charge in [-0.3, -0.25) is 0 Å². The molecule has 0 amide bonds. The van der Waals surface area contributed by atoms with Crippen molar-refractivity contribution in [2.24, 2.45) is 0 Å². The molecule has 0 saturated carbocycles. The van der Waals surface area contributed by atoms with E-state index in [0.717, 1.165) is 20.8 Å². The van der Waals surface area contributed by atoms with E-state index in [1.54, 1.807) is 6.07 Å². The molecule has 0 atom stereocenters. The maximum Gasteiger partial charge on any atom is 0.241 e. The summed E-state index contributed by atoms with van der Waals surface area (Å²) in [7, 11) is -3.87. The summed E-state index contributed by atoms with van der Waals surface area (Å²) in [6, 6.07) is 6.87. The van der Waals surface area contributed by atoms with Crippen LogP contribution in [0, 0.1) is 5.82 Å². The van der Waals surface area contributed by atoms with E-state index >= 15 is 0 Å². The molecule has 0 unspecified atom stereocenters. The Morgan fingerprint density at radius 3 is 2.65 bits per heavy atom. The minimum absolute atomic E-state index is 0.111. The Bertz CT molecular complexity index is 715. The topological polar surface area (TPSA) is 66.4 Å². The average Bonchev–Trinajstić information content (AvgIpc) is 2.82. The SMILES string of the molecule is O=S(=O)(NCc1ccc(Br)s1)c1cc(F)ccc1CO. The van der Waals surface area contributed by atoms with Crippen molar-refractivity contribution in [2.45, 2.75) is 18.0 Å². The molecule has 108 valence electrons. The zero-order valence-corrected chi connectivity index (χ0v) is 13.4. The highest BCUT2D eigenvalue weighted by Gasteiger charge is 2.19. The van der Waals surface area contributed by atoms with E-state index < -0.39 is 22.4 Å². The number of hydrogen-bond donors (Lipinski definition) is 2. The molecule has 4 nitrogen and oxygen atoms in total. The van der Waals surface area contributed by atoms with Gasteiger partial charge in [0, 0.05) is 11.4 Å². The van der Waals surface area contributed by atoms with Crippen LogP contribution in [0.3, 0.4) is 0 Å². The smallest absolute Gasteiger partial charge is 0.241 e. The third kappa shape index (κ3) is 3.64. The number of nitrogens with one attached hydrogen (secondary N) is 1. The summed E-state index contributed by atoms with van der Waals surface area (Å²) in [4.78, 5) is 0.582. The minimum Gasteiger partial charge on any atom is -0.392 e. The third-order valence-electron chi connectivity index (χ3n) is 2.55. The fourth-order valence-electron chi connectivity index (χ4n) is 1.60. The van der Waals surface area contributed by atoms with Crippen LogP contribution in [-0.4, -0.2) is 13.5 Å². The minimum atomic E-state index is -3.87. The molecule has 0 fully saturated rings. The lowest BCUT2D eigenvalue weighted by molar-refractivity contribution is 0.278. The first kappa shape index (κ1) is 15.6. The highest BCUT2D eigenvalue weighted by molar-refractivity contribution is 9.11. The molecule has 0 aliphatic rings. The maximum atomic E-state index is 13.2. The zero-order chi connectivity index (χ0) is 14.8. The average molecular weight is 380 g/mol. The molecule has 0 spiro atoms. The molecule has 2 N–H and O–H groups in total. The van der Waals surface area contributed by atoms with Crippen LogP contribution in [0.15, 0.2) is 39.0 Å². The van der Waals surface area contributed by atoms with Crippen molar-refractivity contribution < 1.29 is 17.9 Å². The number of hydrogen-bond acceptors (Lipinski definition) is 4. The van der Waals surface area contributed by atoms with E-state index in [4.69, 9.17) is 5.11 Å². The number of thiophene rings is 1. The van der Waals surface area contributed by atoms with E-state index in [-0.39, 0.29) is 17.0 Å². The van der Waals surface area contributed by atoms with E-state index in [1.165, 1.54) is 17.4 Å². The van der Waals surface area contributed by atoms with Crippen LogP contribution in [0.25, 0.3) is 0 Å². The van der Waals surface area contributed by atoms with E-state index in [9.17, 15) is 12.8 Å². The van der Waals surface area contributed by atoms with Crippen molar-refractivity contribution >= 4 is 37.3 Å². The van der Waals surface area contributed by atoms with E-state index in [0.29, 0.717) is 0 Å². The Morgan fingerprint density at radius 1 is 1.30 bits per heavy atom. The summed E-state index contributed by atoms with van der Waals surface area (Å²) in [6.45, 7) is -0.360. The second kappa shape index (κ2) is 6.31. The van der Waals surface area contributed by atoms with Crippen LogP contribution in [0.5, 0.6) is 0 Å². The van der Waals surface area contributed by atoms with Gasteiger partial charge in [0.2, 0.25) is 10.0 Å². The van der Waals surface area contributed by atoms with Crippen LogP contribution in [0.4, 0.5) is 4.39 Å². The molecule has 0 aliphatic heterocycles. The zero-order valence-electron chi connectivity index (χ0n) is 10.1. The molecule has 2 aromatic rings. The number of halogens is 2. The predicted molar refractivity (Wildman–Crippen MR) is 78.4 cm³/mol. The molecular formula is C12H11BrFNO3S2. The monoisotopic (exact) mass is 379 g/mol. The largest absolute Gasteiger partial charge is 0.392 e.